The van der Waals surface area contributed by atoms with E-state index in [0.29, 0.717) is 18.1 Å². The summed E-state index contributed by atoms with van der Waals surface area (Å²) in [5.41, 5.74) is 6.06. The van der Waals surface area contributed by atoms with Crippen molar-refractivity contribution in [3.05, 3.63) is 77.4 Å². The minimum Gasteiger partial charge on any atom is -0.348 e. The number of nitrogens with one attached hydrogen (secondary N) is 1. The predicted octanol–water partition coefficient (Wildman–Crippen LogP) is 5.13. The number of anilines is 2. The third kappa shape index (κ3) is 3.94. The summed E-state index contributed by atoms with van der Waals surface area (Å²) >= 11 is 0. The number of H-pyrrole nitrogens is 1. The number of hydrogen-bond acceptors (Lipinski definition) is 4. The summed E-state index contributed by atoms with van der Waals surface area (Å²) in [5, 5.41) is 0. The maximum Gasteiger partial charge on any atom is 0.253 e. The smallest absolute Gasteiger partial charge is 0.253 e. The molecule has 0 radical (unpaired) electrons. The fourth-order valence-corrected chi connectivity index (χ4v) is 6.68. The number of fused-ring (bicyclic) bond motifs is 4. The summed E-state index contributed by atoms with van der Waals surface area (Å²) in [6.07, 6.45) is 9.50. The molecule has 3 atom stereocenters. The van der Waals surface area contributed by atoms with Gasteiger partial charge in [-0.3, -0.25) is 9.69 Å². The largest absolute Gasteiger partial charge is 0.348 e. The summed E-state index contributed by atoms with van der Waals surface area (Å²) < 4.78 is 0. The number of imidazole rings is 1. The van der Waals surface area contributed by atoms with E-state index in [1.54, 1.807) is 0 Å². The molecule has 2 bridgehead atoms. The van der Waals surface area contributed by atoms with Crippen molar-refractivity contribution < 1.29 is 4.79 Å². The van der Waals surface area contributed by atoms with E-state index in [4.69, 9.17) is 0 Å². The van der Waals surface area contributed by atoms with Crippen molar-refractivity contribution in [1.82, 2.24) is 19.8 Å². The Morgan fingerprint density at radius 3 is 2.46 bits per heavy atom. The Bertz CT molecular complexity index is 1190. The van der Waals surface area contributed by atoms with Crippen LogP contribution < -0.4 is 4.90 Å². The van der Waals surface area contributed by atoms with Crippen LogP contribution in [0.4, 0.5) is 11.4 Å². The Labute approximate surface area is 208 Å². The summed E-state index contributed by atoms with van der Waals surface area (Å²) in [6.45, 7) is 6.48. The zero-order chi connectivity index (χ0) is 23.9. The van der Waals surface area contributed by atoms with E-state index in [0.717, 1.165) is 50.3 Å². The number of aromatic amines is 1. The van der Waals surface area contributed by atoms with Crippen LogP contribution in [0.3, 0.4) is 0 Å². The van der Waals surface area contributed by atoms with Crippen molar-refractivity contribution in [3.63, 3.8) is 0 Å². The summed E-state index contributed by atoms with van der Waals surface area (Å²) in [4.78, 5) is 28.0. The molecule has 3 aromatic rings. The molecule has 0 unspecified atom stereocenters. The third-order valence-electron chi connectivity index (χ3n) is 8.38. The van der Waals surface area contributed by atoms with Crippen molar-refractivity contribution in [2.45, 2.75) is 70.6 Å². The van der Waals surface area contributed by atoms with Crippen LogP contribution in [0, 0.1) is 0 Å². The fraction of sp³-hybridized carbons (Fsp3) is 0.448. The van der Waals surface area contributed by atoms with E-state index < -0.39 is 0 Å². The molecule has 2 saturated heterocycles. The molecule has 1 N–H and O–H groups in total. The van der Waals surface area contributed by atoms with Crippen LogP contribution in [0.15, 0.2) is 54.9 Å². The molecule has 182 valence electrons. The minimum absolute atomic E-state index is 0.132. The Balaban J connectivity index is 1.32. The standard InChI is InChI=1S/C29H35N5O/c1-3-32(4-2)29(35)21-9-12-27-22(16-21)15-20-7-5-6-8-26(20)34(27)25-17-23-10-11-24(18-25)33(23)19-28-30-13-14-31-28/h5-9,12-14,16,23-25H,3-4,10-11,15,17-19H2,1-2H3,(H,30,31)/t23-,24+,25-. The average Bonchev–Trinajstić information content (AvgIpc) is 3.47. The molecule has 6 rings (SSSR count). The van der Waals surface area contributed by atoms with Gasteiger partial charge in [-0.25, -0.2) is 4.98 Å². The molecule has 1 aromatic heterocycles. The number of amides is 1. The highest BCUT2D eigenvalue weighted by molar-refractivity contribution is 5.95. The lowest BCUT2D eigenvalue weighted by Gasteiger charge is -2.46. The molecule has 2 fully saturated rings. The minimum atomic E-state index is 0.132. The predicted molar refractivity (Wildman–Crippen MR) is 139 cm³/mol. The Hall–Kier alpha value is -3.12. The zero-order valence-electron chi connectivity index (χ0n) is 20.8. The Kier molecular flexibility index (Phi) is 5.85. The van der Waals surface area contributed by atoms with Crippen molar-refractivity contribution in [1.29, 1.82) is 0 Å². The molecular weight excluding hydrogens is 434 g/mol. The number of carbonyl (C=O) groups is 1. The number of rotatable bonds is 6. The molecular formula is C29H35N5O. The van der Waals surface area contributed by atoms with Crippen LogP contribution in [0.2, 0.25) is 0 Å². The van der Waals surface area contributed by atoms with Gasteiger partial charge in [-0.1, -0.05) is 18.2 Å². The summed E-state index contributed by atoms with van der Waals surface area (Å²) in [6, 6.07) is 16.9. The SMILES string of the molecule is CCN(CC)C(=O)c1ccc2c(c1)Cc1ccccc1N2[C@@H]1C[C@H]2CC[C@@H](C1)N2Cc1ncc[nH]1. The van der Waals surface area contributed by atoms with Crippen LogP contribution in [0.1, 0.15) is 66.8 Å². The van der Waals surface area contributed by atoms with Crippen LogP contribution in [-0.4, -0.2) is 56.9 Å². The number of aromatic nitrogens is 2. The number of nitrogens with zero attached hydrogens (tertiary/aromatic N) is 4. The van der Waals surface area contributed by atoms with Crippen LogP contribution in [0.25, 0.3) is 0 Å². The second kappa shape index (κ2) is 9.15. The van der Waals surface area contributed by atoms with Gasteiger partial charge in [0, 0.05) is 67.0 Å². The van der Waals surface area contributed by atoms with E-state index in [-0.39, 0.29) is 5.91 Å². The molecule has 3 aliphatic rings. The van der Waals surface area contributed by atoms with Crippen molar-refractivity contribution in [2.75, 3.05) is 18.0 Å². The molecule has 1 amide bonds. The maximum absolute atomic E-state index is 13.1. The molecule has 4 heterocycles. The van der Waals surface area contributed by atoms with Crippen LogP contribution in [0.5, 0.6) is 0 Å². The van der Waals surface area contributed by atoms with Crippen molar-refractivity contribution in [3.8, 4) is 0 Å². The van der Waals surface area contributed by atoms with Gasteiger partial charge in [0.15, 0.2) is 0 Å². The molecule has 35 heavy (non-hydrogen) atoms. The molecule has 6 heteroatoms. The van der Waals surface area contributed by atoms with E-state index in [9.17, 15) is 4.79 Å². The number of para-hydroxylation sites is 1. The first-order valence-corrected chi connectivity index (χ1v) is 13.2. The quantitative estimate of drug-likeness (QED) is 0.544. The zero-order valence-corrected chi connectivity index (χ0v) is 20.8. The molecule has 6 nitrogen and oxygen atoms in total. The van der Waals surface area contributed by atoms with Crippen LogP contribution >= 0.6 is 0 Å². The number of carbonyl (C=O) groups excluding carboxylic acids is 1. The number of piperidine rings is 1. The Morgan fingerprint density at radius 1 is 1.00 bits per heavy atom. The number of hydrogen-bond donors (Lipinski definition) is 1. The topological polar surface area (TPSA) is 55.5 Å². The lowest BCUT2D eigenvalue weighted by molar-refractivity contribution is 0.0773. The lowest BCUT2D eigenvalue weighted by atomic mass is 9.88. The van der Waals surface area contributed by atoms with Crippen molar-refractivity contribution >= 4 is 17.3 Å². The summed E-state index contributed by atoms with van der Waals surface area (Å²) in [5.74, 6) is 1.20. The van der Waals surface area contributed by atoms with Gasteiger partial charge >= 0.3 is 0 Å². The van der Waals surface area contributed by atoms with Crippen molar-refractivity contribution in [2.24, 2.45) is 0 Å². The first-order valence-electron chi connectivity index (χ1n) is 13.2. The van der Waals surface area contributed by atoms with Gasteiger partial charge in [-0.05, 0) is 74.9 Å². The molecule has 0 spiro atoms. The first kappa shape index (κ1) is 22.4. The second-order valence-corrected chi connectivity index (χ2v) is 10.2. The van der Waals surface area contributed by atoms with E-state index in [2.05, 4.69) is 56.2 Å². The average molecular weight is 470 g/mol. The maximum atomic E-state index is 13.1. The normalized spacial score (nSPS) is 23.1. The Morgan fingerprint density at radius 2 is 1.74 bits per heavy atom. The van der Waals surface area contributed by atoms with Gasteiger partial charge in [0.1, 0.15) is 5.82 Å². The third-order valence-corrected chi connectivity index (χ3v) is 8.38. The fourth-order valence-electron chi connectivity index (χ4n) is 6.68. The van der Waals surface area contributed by atoms with Crippen LogP contribution in [-0.2, 0) is 13.0 Å². The van der Waals surface area contributed by atoms with Gasteiger partial charge in [-0.2, -0.15) is 0 Å². The van der Waals surface area contributed by atoms with Gasteiger partial charge < -0.3 is 14.8 Å². The second-order valence-electron chi connectivity index (χ2n) is 10.2. The van der Waals surface area contributed by atoms with Gasteiger partial charge in [-0.15, -0.1) is 0 Å². The monoisotopic (exact) mass is 469 g/mol. The van der Waals surface area contributed by atoms with E-state index in [1.807, 2.05) is 37.2 Å². The van der Waals surface area contributed by atoms with Gasteiger partial charge in [0.25, 0.3) is 5.91 Å². The highest BCUT2D eigenvalue weighted by atomic mass is 16.2. The van der Waals surface area contributed by atoms with E-state index >= 15 is 0 Å². The highest BCUT2D eigenvalue weighted by Crippen LogP contribution is 2.46. The molecule has 0 aliphatic carbocycles. The van der Waals surface area contributed by atoms with Gasteiger partial charge in [0.2, 0.25) is 0 Å². The highest BCUT2D eigenvalue weighted by Gasteiger charge is 2.44. The number of benzene rings is 2. The van der Waals surface area contributed by atoms with E-state index in [1.165, 1.54) is 35.3 Å². The first-order chi connectivity index (χ1) is 17.2. The molecule has 2 aromatic carbocycles. The molecule has 3 aliphatic heterocycles. The molecule has 0 saturated carbocycles. The van der Waals surface area contributed by atoms with Gasteiger partial charge in [0.05, 0.1) is 6.54 Å². The summed E-state index contributed by atoms with van der Waals surface area (Å²) in [7, 11) is 0. The lowest BCUT2D eigenvalue weighted by Crippen LogP contribution is -2.49.